The van der Waals surface area contributed by atoms with Gasteiger partial charge in [-0.25, -0.2) is 0 Å². The van der Waals surface area contributed by atoms with E-state index in [1.807, 2.05) is 53.4 Å². The molecule has 0 aliphatic carbocycles. The van der Waals surface area contributed by atoms with E-state index >= 15 is 0 Å². The number of para-hydroxylation sites is 2. The first-order valence-corrected chi connectivity index (χ1v) is 15.5. The maximum atomic E-state index is 14.0. The van der Waals surface area contributed by atoms with Gasteiger partial charge < -0.3 is 25.8 Å². The number of carbonyl (C=O) groups excluding carboxylic acids is 3. The normalized spacial score (nSPS) is 16.8. The van der Waals surface area contributed by atoms with Gasteiger partial charge >= 0.3 is 0 Å². The Bertz CT molecular complexity index is 1660. The Balaban J connectivity index is 1.13. The quantitative estimate of drug-likeness (QED) is 0.274. The van der Waals surface area contributed by atoms with Crippen LogP contribution < -0.4 is 20.9 Å². The van der Waals surface area contributed by atoms with Crippen LogP contribution >= 0.6 is 11.6 Å². The molecule has 4 aromatic rings. The summed E-state index contributed by atoms with van der Waals surface area (Å²) in [6.07, 6.45) is 4.08. The van der Waals surface area contributed by atoms with E-state index in [1.54, 1.807) is 30.5 Å². The van der Waals surface area contributed by atoms with Crippen molar-refractivity contribution in [2.75, 3.05) is 36.4 Å². The van der Waals surface area contributed by atoms with E-state index in [9.17, 15) is 14.4 Å². The monoisotopic (exact) mass is 622 g/mol. The van der Waals surface area contributed by atoms with Crippen molar-refractivity contribution in [3.05, 3.63) is 125 Å². The molecule has 230 valence electrons. The molecule has 2 atom stereocenters. The summed E-state index contributed by atoms with van der Waals surface area (Å²) >= 11 is 6.11. The van der Waals surface area contributed by atoms with Crippen molar-refractivity contribution in [3.8, 4) is 0 Å². The first kappa shape index (κ1) is 30.3. The van der Waals surface area contributed by atoms with Crippen LogP contribution in [0.2, 0.25) is 5.02 Å². The number of hydrogen-bond acceptors (Lipinski definition) is 6. The van der Waals surface area contributed by atoms with Gasteiger partial charge in [-0.3, -0.25) is 19.4 Å². The molecule has 2 aliphatic heterocycles. The van der Waals surface area contributed by atoms with Crippen molar-refractivity contribution in [3.63, 3.8) is 0 Å². The van der Waals surface area contributed by atoms with Gasteiger partial charge in [-0.15, -0.1) is 0 Å². The van der Waals surface area contributed by atoms with Gasteiger partial charge in [0.25, 0.3) is 5.91 Å². The van der Waals surface area contributed by atoms with Gasteiger partial charge in [-0.1, -0.05) is 60.1 Å². The fraction of sp³-hybridized carbons (Fsp3) is 0.257. The number of rotatable bonds is 8. The molecule has 9 nitrogen and oxygen atoms in total. The molecule has 3 heterocycles. The van der Waals surface area contributed by atoms with Crippen molar-refractivity contribution in [2.45, 2.75) is 31.5 Å². The average Bonchev–Trinajstić information content (AvgIpc) is 3.09. The summed E-state index contributed by atoms with van der Waals surface area (Å²) in [4.78, 5) is 48.3. The SMILES string of the molecule is O=C(Nc1ccccc1N1CCN(C(=O)[C@@H](Cc2ccc(Cl)cc2)NC(=O)[C@H]2Cc3ccccc3CN2)CC1)c1cccnc1. The topological polar surface area (TPSA) is 107 Å². The average molecular weight is 623 g/mol. The molecule has 2 aliphatic rings. The molecule has 3 N–H and O–H groups in total. The van der Waals surface area contributed by atoms with E-state index in [0.717, 1.165) is 16.8 Å². The van der Waals surface area contributed by atoms with Crippen LogP contribution in [-0.4, -0.2) is 65.9 Å². The number of fused-ring (bicyclic) bond motifs is 1. The largest absolute Gasteiger partial charge is 0.366 e. The number of amides is 3. The lowest BCUT2D eigenvalue weighted by atomic mass is 9.95. The van der Waals surface area contributed by atoms with Gasteiger partial charge in [-0.2, -0.15) is 0 Å². The number of nitrogens with zero attached hydrogens (tertiary/aromatic N) is 3. The van der Waals surface area contributed by atoms with Gasteiger partial charge in [-0.05, 0) is 59.5 Å². The van der Waals surface area contributed by atoms with Crippen LogP contribution in [0.4, 0.5) is 11.4 Å². The molecule has 0 spiro atoms. The molecular formula is C35H35ClN6O3. The van der Waals surface area contributed by atoms with Gasteiger partial charge in [0, 0.05) is 56.6 Å². The summed E-state index contributed by atoms with van der Waals surface area (Å²) in [7, 11) is 0. The standard InChI is InChI=1S/C35H35ClN6O3/c36-28-13-11-24(12-14-28)20-31(40-34(44)30-21-25-6-1-2-7-26(25)23-38-30)35(45)42-18-16-41(17-19-42)32-10-4-3-9-29(32)39-33(43)27-8-5-15-37-22-27/h1-15,22,30-31,38H,16-21,23H2,(H,39,43)(H,40,44)/t30-,31-/m1/s1. The molecule has 10 heteroatoms. The minimum absolute atomic E-state index is 0.118. The molecule has 0 bridgehead atoms. The number of hydrogen-bond donors (Lipinski definition) is 3. The fourth-order valence-electron chi connectivity index (χ4n) is 5.90. The van der Waals surface area contributed by atoms with Crippen LogP contribution in [0.15, 0.2) is 97.3 Å². The van der Waals surface area contributed by atoms with Crippen molar-refractivity contribution in [2.24, 2.45) is 0 Å². The summed E-state index contributed by atoms with van der Waals surface area (Å²) in [5.74, 6) is -0.540. The second kappa shape index (κ2) is 13.9. The molecular weight excluding hydrogens is 588 g/mol. The van der Waals surface area contributed by atoms with E-state index in [4.69, 9.17) is 11.6 Å². The zero-order valence-electron chi connectivity index (χ0n) is 24.8. The molecule has 1 aromatic heterocycles. The second-order valence-corrected chi connectivity index (χ2v) is 11.8. The Morgan fingerprint density at radius 3 is 2.38 bits per heavy atom. The van der Waals surface area contributed by atoms with Gasteiger partial charge in [0.2, 0.25) is 11.8 Å². The van der Waals surface area contributed by atoms with E-state index in [1.165, 1.54) is 11.8 Å². The van der Waals surface area contributed by atoms with E-state index < -0.39 is 12.1 Å². The highest BCUT2D eigenvalue weighted by Gasteiger charge is 2.32. The molecule has 0 unspecified atom stereocenters. The lowest BCUT2D eigenvalue weighted by Gasteiger charge is -2.38. The number of benzene rings is 3. The van der Waals surface area contributed by atoms with Crippen LogP contribution in [0.5, 0.6) is 0 Å². The fourth-order valence-corrected chi connectivity index (χ4v) is 6.03. The zero-order valence-corrected chi connectivity index (χ0v) is 25.5. The minimum Gasteiger partial charge on any atom is -0.366 e. The Morgan fingerprint density at radius 2 is 1.62 bits per heavy atom. The number of nitrogens with one attached hydrogen (secondary N) is 3. The smallest absolute Gasteiger partial charge is 0.257 e. The van der Waals surface area contributed by atoms with Crippen LogP contribution in [0.25, 0.3) is 0 Å². The molecule has 3 amide bonds. The summed E-state index contributed by atoms with van der Waals surface area (Å²) in [5.41, 5.74) is 5.30. The van der Waals surface area contributed by atoms with Crippen molar-refractivity contribution in [1.29, 1.82) is 0 Å². The molecule has 45 heavy (non-hydrogen) atoms. The lowest BCUT2D eigenvalue weighted by Crippen LogP contribution is -2.58. The Labute approximate surface area is 267 Å². The van der Waals surface area contributed by atoms with Gasteiger partial charge in [0.15, 0.2) is 0 Å². The van der Waals surface area contributed by atoms with Crippen LogP contribution in [-0.2, 0) is 29.0 Å². The van der Waals surface area contributed by atoms with Crippen molar-refractivity contribution >= 4 is 40.7 Å². The molecule has 0 saturated carbocycles. The molecule has 1 fully saturated rings. The van der Waals surface area contributed by atoms with E-state index in [-0.39, 0.29) is 17.7 Å². The highest BCUT2D eigenvalue weighted by atomic mass is 35.5. The highest BCUT2D eigenvalue weighted by Crippen LogP contribution is 2.27. The summed E-state index contributed by atoms with van der Waals surface area (Å²) in [5, 5.41) is 10.0. The van der Waals surface area contributed by atoms with Crippen LogP contribution in [0.3, 0.4) is 0 Å². The van der Waals surface area contributed by atoms with Gasteiger partial charge in [0.1, 0.15) is 6.04 Å². The van der Waals surface area contributed by atoms with Crippen molar-refractivity contribution in [1.82, 2.24) is 20.5 Å². The predicted molar refractivity (Wildman–Crippen MR) is 175 cm³/mol. The zero-order chi connectivity index (χ0) is 31.2. The predicted octanol–water partition coefficient (Wildman–Crippen LogP) is 4.08. The maximum absolute atomic E-state index is 14.0. The highest BCUT2D eigenvalue weighted by molar-refractivity contribution is 6.30. The summed E-state index contributed by atoms with van der Waals surface area (Å²) < 4.78 is 0. The minimum atomic E-state index is -0.727. The number of aromatic nitrogens is 1. The number of halogens is 1. The Morgan fingerprint density at radius 1 is 0.889 bits per heavy atom. The second-order valence-electron chi connectivity index (χ2n) is 11.3. The Kier molecular flexibility index (Phi) is 9.38. The molecule has 0 radical (unpaired) electrons. The van der Waals surface area contributed by atoms with Crippen LogP contribution in [0, 0.1) is 0 Å². The summed E-state index contributed by atoms with van der Waals surface area (Å²) in [6, 6.07) is 25.4. The third kappa shape index (κ3) is 7.33. The van der Waals surface area contributed by atoms with E-state index in [0.29, 0.717) is 61.8 Å². The number of carbonyl (C=O) groups is 3. The van der Waals surface area contributed by atoms with Gasteiger partial charge in [0.05, 0.1) is 23.0 Å². The van der Waals surface area contributed by atoms with E-state index in [2.05, 4.69) is 38.0 Å². The molecule has 6 rings (SSSR count). The molecule has 1 saturated heterocycles. The number of pyridine rings is 1. The number of piperazine rings is 1. The van der Waals surface area contributed by atoms with Crippen molar-refractivity contribution < 1.29 is 14.4 Å². The third-order valence-electron chi connectivity index (χ3n) is 8.37. The van der Waals surface area contributed by atoms with Crippen LogP contribution in [0.1, 0.15) is 27.0 Å². The first-order valence-electron chi connectivity index (χ1n) is 15.1. The number of anilines is 2. The lowest BCUT2D eigenvalue weighted by molar-refractivity contribution is -0.137. The maximum Gasteiger partial charge on any atom is 0.257 e. The first-order chi connectivity index (χ1) is 21.9. The Hall–Kier alpha value is -4.73. The summed E-state index contributed by atoms with van der Waals surface area (Å²) in [6.45, 7) is 2.72. The molecule has 3 aromatic carbocycles. The third-order valence-corrected chi connectivity index (χ3v) is 8.63.